The van der Waals surface area contributed by atoms with Crippen molar-refractivity contribution < 1.29 is 13.2 Å². The molecule has 0 saturated heterocycles. The van der Waals surface area contributed by atoms with Gasteiger partial charge in [0.1, 0.15) is 0 Å². The lowest BCUT2D eigenvalue weighted by molar-refractivity contribution is -0.129. The number of hydrogen-bond acceptors (Lipinski definition) is 3. The maximum atomic E-state index is 12.8. The molecule has 0 N–H and O–H groups in total. The van der Waals surface area contributed by atoms with Crippen LogP contribution in [0.4, 0.5) is 0 Å². The predicted octanol–water partition coefficient (Wildman–Crippen LogP) is 4.33. The first-order chi connectivity index (χ1) is 10.8. The van der Waals surface area contributed by atoms with Crippen LogP contribution in [0.15, 0.2) is 35.2 Å². The second-order valence-corrected chi connectivity index (χ2v) is 11.9. The molecule has 1 aromatic rings. The maximum Gasteiger partial charge on any atom is 0.266 e. The Morgan fingerprint density at radius 3 is 1.96 bits per heavy atom. The number of benzene rings is 1. The SMILES string of the molecule is CCCCN(CCCC)C(=O)C(Br)(Br)S(=O)(=O)c1ccccc1. The summed E-state index contributed by atoms with van der Waals surface area (Å²) < 4.78 is 23.8. The molecule has 1 aromatic carbocycles. The van der Waals surface area contributed by atoms with E-state index in [1.165, 1.54) is 12.1 Å². The summed E-state index contributed by atoms with van der Waals surface area (Å²) >= 11 is 6.26. The van der Waals surface area contributed by atoms with E-state index >= 15 is 0 Å². The van der Waals surface area contributed by atoms with Crippen molar-refractivity contribution in [1.29, 1.82) is 0 Å². The first-order valence-electron chi connectivity index (χ1n) is 7.75. The summed E-state index contributed by atoms with van der Waals surface area (Å²) in [7, 11) is -3.89. The molecule has 1 amide bonds. The van der Waals surface area contributed by atoms with Gasteiger partial charge in [-0.2, -0.15) is 0 Å². The molecular formula is C16H23Br2NO3S. The molecule has 0 aromatic heterocycles. The number of carbonyl (C=O) groups is 1. The van der Waals surface area contributed by atoms with Gasteiger partial charge in [0.25, 0.3) is 8.47 Å². The fourth-order valence-electron chi connectivity index (χ4n) is 2.06. The maximum absolute atomic E-state index is 12.8. The van der Waals surface area contributed by atoms with Crippen LogP contribution in [-0.4, -0.2) is 34.9 Å². The molecule has 0 spiro atoms. The molecule has 0 atom stereocenters. The number of nitrogens with zero attached hydrogens (tertiary/aromatic N) is 1. The fraction of sp³-hybridized carbons (Fsp3) is 0.562. The highest BCUT2D eigenvalue weighted by Crippen LogP contribution is 2.39. The summed E-state index contributed by atoms with van der Waals surface area (Å²) in [5.74, 6) is -0.469. The third kappa shape index (κ3) is 5.03. The molecule has 23 heavy (non-hydrogen) atoms. The summed E-state index contributed by atoms with van der Waals surface area (Å²) in [6.45, 7) is 5.19. The molecule has 0 unspecified atom stereocenters. The zero-order valence-corrected chi connectivity index (χ0v) is 17.5. The van der Waals surface area contributed by atoms with Crippen molar-refractivity contribution in [3.05, 3.63) is 30.3 Å². The third-order valence-electron chi connectivity index (χ3n) is 3.49. The highest BCUT2D eigenvalue weighted by atomic mass is 79.9. The molecular weight excluding hydrogens is 446 g/mol. The average molecular weight is 469 g/mol. The molecule has 0 bridgehead atoms. The van der Waals surface area contributed by atoms with Gasteiger partial charge in [0.15, 0.2) is 0 Å². The number of hydrogen-bond donors (Lipinski definition) is 0. The zero-order valence-electron chi connectivity index (χ0n) is 13.5. The lowest BCUT2D eigenvalue weighted by Crippen LogP contribution is -2.46. The molecule has 7 heteroatoms. The molecule has 0 aliphatic carbocycles. The largest absolute Gasteiger partial charge is 0.340 e. The Morgan fingerprint density at radius 2 is 1.52 bits per heavy atom. The highest BCUT2D eigenvalue weighted by Gasteiger charge is 2.49. The van der Waals surface area contributed by atoms with Gasteiger partial charge in [0, 0.05) is 13.1 Å². The van der Waals surface area contributed by atoms with Crippen molar-refractivity contribution in [2.75, 3.05) is 13.1 Å². The minimum atomic E-state index is -3.89. The average Bonchev–Trinajstić information content (AvgIpc) is 2.55. The van der Waals surface area contributed by atoms with E-state index in [0.29, 0.717) is 13.1 Å². The quantitative estimate of drug-likeness (QED) is 0.506. The van der Waals surface area contributed by atoms with Crippen LogP contribution in [0, 0.1) is 0 Å². The molecule has 0 fully saturated rings. The van der Waals surface area contributed by atoms with Gasteiger partial charge in [-0.25, -0.2) is 8.42 Å². The van der Waals surface area contributed by atoms with E-state index in [9.17, 15) is 13.2 Å². The Hall–Kier alpha value is -0.400. The Labute approximate surface area is 155 Å². The predicted molar refractivity (Wildman–Crippen MR) is 101 cm³/mol. The van der Waals surface area contributed by atoms with Crippen molar-refractivity contribution in [3.8, 4) is 0 Å². The van der Waals surface area contributed by atoms with E-state index in [0.717, 1.165) is 25.7 Å². The molecule has 0 aliphatic rings. The van der Waals surface area contributed by atoms with Gasteiger partial charge in [-0.15, -0.1) is 0 Å². The normalized spacial score (nSPS) is 12.2. The van der Waals surface area contributed by atoms with Gasteiger partial charge in [-0.3, -0.25) is 4.79 Å². The van der Waals surface area contributed by atoms with E-state index in [4.69, 9.17) is 0 Å². The van der Waals surface area contributed by atoms with Crippen LogP contribution in [0.1, 0.15) is 39.5 Å². The third-order valence-corrected chi connectivity index (χ3v) is 8.47. The van der Waals surface area contributed by atoms with Crippen LogP contribution in [0.2, 0.25) is 0 Å². The van der Waals surface area contributed by atoms with Crippen molar-refractivity contribution >= 4 is 47.6 Å². The lowest BCUT2D eigenvalue weighted by Gasteiger charge is -2.29. The minimum Gasteiger partial charge on any atom is -0.340 e. The number of unbranched alkanes of at least 4 members (excludes halogenated alkanes) is 2. The van der Waals surface area contributed by atoms with E-state index < -0.39 is 18.3 Å². The van der Waals surface area contributed by atoms with Crippen LogP contribution in [0.3, 0.4) is 0 Å². The molecule has 0 radical (unpaired) electrons. The van der Waals surface area contributed by atoms with Gasteiger partial charge < -0.3 is 4.90 Å². The van der Waals surface area contributed by atoms with Gasteiger partial charge in [0.05, 0.1) is 4.90 Å². The van der Waals surface area contributed by atoms with Crippen molar-refractivity contribution in [2.24, 2.45) is 0 Å². The van der Waals surface area contributed by atoms with Crippen LogP contribution in [-0.2, 0) is 14.6 Å². The van der Waals surface area contributed by atoms with Crippen LogP contribution in [0.25, 0.3) is 0 Å². The molecule has 0 saturated carbocycles. The summed E-state index contributed by atoms with van der Waals surface area (Å²) in [6.07, 6.45) is 3.58. The van der Waals surface area contributed by atoms with Gasteiger partial charge in [-0.05, 0) is 56.8 Å². The van der Waals surface area contributed by atoms with Crippen molar-refractivity contribution in [3.63, 3.8) is 0 Å². The number of sulfone groups is 1. The number of amides is 1. The standard InChI is InChI=1S/C16H23Br2NO3S/c1-3-5-12-19(13-6-4-2)15(20)16(17,18)23(21,22)14-10-8-7-9-11-14/h7-11H,3-6,12-13H2,1-2H3. The van der Waals surface area contributed by atoms with Gasteiger partial charge >= 0.3 is 0 Å². The summed E-state index contributed by atoms with van der Waals surface area (Å²) in [5, 5.41) is 0. The molecule has 4 nitrogen and oxygen atoms in total. The van der Waals surface area contributed by atoms with Gasteiger partial charge in [-0.1, -0.05) is 44.9 Å². The summed E-state index contributed by atoms with van der Waals surface area (Å²) in [6, 6.07) is 7.99. The number of rotatable bonds is 9. The van der Waals surface area contributed by atoms with Crippen LogP contribution in [0.5, 0.6) is 0 Å². The first-order valence-corrected chi connectivity index (χ1v) is 10.8. The summed E-state index contributed by atoms with van der Waals surface area (Å²) in [4.78, 5) is 14.6. The highest BCUT2D eigenvalue weighted by molar-refractivity contribution is 9.28. The van der Waals surface area contributed by atoms with E-state index in [1.807, 2.05) is 13.8 Å². The minimum absolute atomic E-state index is 0.105. The zero-order chi connectivity index (χ0) is 17.5. The van der Waals surface area contributed by atoms with Crippen molar-refractivity contribution in [2.45, 2.75) is 47.0 Å². The summed E-state index contributed by atoms with van der Waals surface area (Å²) in [5.41, 5.74) is 0. The Kier molecular flexibility index (Phi) is 8.24. The molecule has 130 valence electrons. The Bertz CT molecular complexity index is 595. The first kappa shape index (κ1) is 20.6. The molecule has 0 aliphatic heterocycles. The second-order valence-electron chi connectivity index (χ2n) is 5.33. The number of halogens is 2. The van der Waals surface area contributed by atoms with E-state index in [2.05, 4.69) is 31.9 Å². The Balaban J connectivity index is 3.09. The number of carbonyl (C=O) groups excluding carboxylic acids is 1. The Morgan fingerprint density at radius 1 is 1.04 bits per heavy atom. The molecule has 1 rings (SSSR count). The fourth-order valence-corrected chi connectivity index (χ4v) is 4.85. The van der Waals surface area contributed by atoms with Crippen LogP contribution < -0.4 is 0 Å². The van der Waals surface area contributed by atoms with E-state index in [1.54, 1.807) is 23.1 Å². The van der Waals surface area contributed by atoms with Crippen molar-refractivity contribution in [1.82, 2.24) is 4.90 Å². The lowest BCUT2D eigenvalue weighted by atomic mass is 10.2. The number of alkyl halides is 2. The second kappa shape index (κ2) is 9.18. The monoisotopic (exact) mass is 467 g/mol. The van der Waals surface area contributed by atoms with E-state index in [-0.39, 0.29) is 4.90 Å². The van der Waals surface area contributed by atoms with Gasteiger partial charge in [0.2, 0.25) is 9.84 Å². The molecule has 0 heterocycles. The van der Waals surface area contributed by atoms with Crippen LogP contribution >= 0.6 is 31.9 Å². The topological polar surface area (TPSA) is 54.5 Å². The smallest absolute Gasteiger partial charge is 0.266 e.